The number of nitrogens with two attached hydrogens (primary N) is 1. The fraction of sp³-hybridized carbons (Fsp3) is 0.250. The van der Waals surface area contributed by atoms with Gasteiger partial charge in [0.1, 0.15) is 23.0 Å². The SMILES string of the molecule is Nc1ccc(Oc2ccc(Oc3ccccc3)cc2)c(CC2CO2)c1CC1CO1. The smallest absolute Gasteiger partial charge is 0.131 e. The second-order valence-electron chi connectivity index (χ2n) is 7.42. The third-order valence-corrected chi connectivity index (χ3v) is 5.12. The van der Waals surface area contributed by atoms with Gasteiger partial charge in [-0.3, -0.25) is 0 Å². The number of nitrogen functional groups attached to an aromatic ring is 1. The van der Waals surface area contributed by atoms with Gasteiger partial charge in [-0.1, -0.05) is 18.2 Å². The normalized spacial score (nSPS) is 19.6. The van der Waals surface area contributed by atoms with Crippen molar-refractivity contribution in [1.82, 2.24) is 0 Å². The standard InChI is InChI=1S/C24H23NO4/c25-23-10-11-24(22(13-20-15-27-20)21(23)12-19-14-26-19)29-18-8-6-17(7-9-18)28-16-4-2-1-3-5-16/h1-11,19-20H,12-15,25H2. The van der Waals surface area contributed by atoms with Crippen LogP contribution in [0.4, 0.5) is 5.69 Å². The first kappa shape index (κ1) is 18.0. The fourth-order valence-electron chi connectivity index (χ4n) is 3.40. The number of hydrogen-bond acceptors (Lipinski definition) is 5. The average molecular weight is 389 g/mol. The van der Waals surface area contributed by atoms with Crippen LogP contribution in [0.25, 0.3) is 0 Å². The van der Waals surface area contributed by atoms with E-state index in [9.17, 15) is 0 Å². The number of epoxide rings is 2. The van der Waals surface area contributed by atoms with Gasteiger partial charge in [-0.15, -0.1) is 0 Å². The Hall–Kier alpha value is -3.02. The molecule has 3 aromatic carbocycles. The van der Waals surface area contributed by atoms with Gasteiger partial charge in [0, 0.05) is 24.1 Å². The number of anilines is 1. The van der Waals surface area contributed by atoms with E-state index in [4.69, 9.17) is 24.7 Å². The summed E-state index contributed by atoms with van der Waals surface area (Å²) in [6, 6.07) is 21.2. The Morgan fingerprint density at radius 1 is 0.690 bits per heavy atom. The zero-order valence-corrected chi connectivity index (χ0v) is 16.0. The predicted octanol–water partition coefficient (Wildman–Crippen LogP) is 4.74. The lowest BCUT2D eigenvalue weighted by atomic mass is 9.96. The summed E-state index contributed by atoms with van der Waals surface area (Å²) in [5.41, 5.74) is 9.30. The molecule has 29 heavy (non-hydrogen) atoms. The van der Waals surface area contributed by atoms with Crippen LogP contribution in [-0.2, 0) is 22.3 Å². The lowest BCUT2D eigenvalue weighted by molar-refractivity contribution is 0.397. The van der Waals surface area contributed by atoms with Crippen molar-refractivity contribution < 1.29 is 18.9 Å². The molecule has 2 aliphatic heterocycles. The van der Waals surface area contributed by atoms with Crippen molar-refractivity contribution in [3.05, 3.63) is 77.9 Å². The minimum Gasteiger partial charge on any atom is -0.457 e. The van der Waals surface area contributed by atoms with Crippen LogP contribution >= 0.6 is 0 Å². The molecule has 0 spiro atoms. The second kappa shape index (κ2) is 7.78. The lowest BCUT2D eigenvalue weighted by Crippen LogP contribution is -2.08. The number of hydrogen-bond donors (Lipinski definition) is 1. The van der Waals surface area contributed by atoms with Gasteiger partial charge in [0.15, 0.2) is 0 Å². The fourth-order valence-corrected chi connectivity index (χ4v) is 3.40. The van der Waals surface area contributed by atoms with Gasteiger partial charge in [0.2, 0.25) is 0 Å². The summed E-state index contributed by atoms with van der Waals surface area (Å²) in [5.74, 6) is 3.14. The van der Waals surface area contributed by atoms with Crippen LogP contribution in [-0.4, -0.2) is 25.4 Å². The molecule has 0 radical (unpaired) electrons. The molecule has 2 unspecified atom stereocenters. The molecule has 2 saturated heterocycles. The zero-order chi connectivity index (χ0) is 19.6. The number of benzene rings is 3. The van der Waals surface area contributed by atoms with Crippen LogP contribution in [0.5, 0.6) is 23.0 Å². The summed E-state index contributed by atoms with van der Waals surface area (Å²) in [7, 11) is 0. The minimum atomic E-state index is 0.250. The number of rotatable bonds is 8. The first-order valence-electron chi connectivity index (χ1n) is 9.89. The van der Waals surface area contributed by atoms with Crippen molar-refractivity contribution >= 4 is 5.69 Å². The average Bonchev–Trinajstić information content (AvgIpc) is 3.65. The maximum atomic E-state index is 6.28. The van der Waals surface area contributed by atoms with E-state index in [1.807, 2.05) is 66.7 Å². The van der Waals surface area contributed by atoms with Gasteiger partial charge < -0.3 is 24.7 Å². The maximum Gasteiger partial charge on any atom is 0.131 e. The van der Waals surface area contributed by atoms with Crippen LogP contribution in [0.2, 0.25) is 0 Å². The lowest BCUT2D eigenvalue weighted by Gasteiger charge is -2.17. The van der Waals surface area contributed by atoms with Crippen molar-refractivity contribution in [1.29, 1.82) is 0 Å². The molecule has 148 valence electrons. The van der Waals surface area contributed by atoms with Gasteiger partial charge >= 0.3 is 0 Å². The highest BCUT2D eigenvalue weighted by Gasteiger charge is 2.30. The van der Waals surface area contributed by atoms with E-state index in [0.717, 1.165) is 65.9 Å². The number of para-hydroxylation sites is 1. The summed E-state index contributed by atoms with van der Waals surface area (Å²) in [5, 5.41) is 0. The van der Waals surface area contributed by atoms with Gasteiger partial charge in [0.25, 0.3) is 0 Å². The van der Waals surface area contributed by atoms with E-state index in [-0.39, 0.29) is 12.2 Å². The molecule has 2 heterocycles. The van der Waals surface area contributed by atoms with Gasteiger partial charge in [0.05, 0.1) is 25.4 Å². The van der Waals surface area contributed by atoms with Gasteiger partial charge in [-0.25, -0.2) is 0 Å². The first-order valence-corrected chi connectivity index (χ1v) is 9.89. The first-order chi connectivity index (χ1) is 14.2. The molecule has 0 aromatic heterocycles. The van der Waals surface area contributed by atoms with E-state index in [2.05, 4.69) is 0 Å². The van der Waals surface area contributed by atoms with Gasteiger partial charge in [-0.05, 0) is 54.1 Å². The molecule has 2 aliphatic rings. The van der Waals surface area contributed by atoms with E-state index in [0.29, 0.717) is 0 Å². The van der Waals surface area contributed by atoms with Crippen molar-refractivity contribution in [2.75, 3.05) is 18.9 Å². The summed E-state index contributed by atoms with van der Waals surface area (Å²) in [6.45, 7) is 1.59. The van der Waals surface area contributed by atoms with Crippen molar-refractivity contribution in [3.8, 4) is 23.0 Å². The largest absolute Gasteiger partial charge is 0.457 e. The van der Waals surface area contributed by atoms with Gasteiger partial charge in [-0.2, -0.15) is 0 Å². The Labute approximate surface area is 170 Å². The Morgan fingerprint density at radius 2 is 1.24 bits per heavy atom. The highest BCUT2D eigenvalue weighted by Crippen LogP contribution is 2.36. The molecule has 0 amide bonds. The van der Waals surface area contributed by atoms with E-state index in [1.54, 1.807) is 0 Å². The topological polar surface area (TPSA) is 69.5 Å². The van der Waals surface area contributed by atoms with Crippen molar-refractivity contribution in [3.63, 3.8) is 0 Å². The van der Waals surface area contributed by atoms with E-state index >= 15 is 0 Å². The molecule has 0 bridgehead atoms. The molecule has 2 atom stereocenters. The Bertz CT molecular complexity index is 980. The Balaban J connectivity index is 1.36. The second-order valence-corrected chi connectivity index (χ2v) is 7.42. The third kappa shape index (κ3) is 4.53. The summed E-state index contributed by atoms with van der Waals surface area (Å²) in [4.78, 5) is 0. The molecule has 5 rings (SSSR count). The third-order valence-electron chi connectivity index (χ3n) is 5.12. The molecular formula is C24H23NO4. The molecule has 0 saturated carbocycles. The van der Waals surface area contributed by atoms with Crippen LogP contribution in [0, 0.1) is 0 Å². The van der Waals surface area contributed by atoms with Crippen LogP contribution in [0.3, 0.4) is 0 Å². The summed E-state index contributed by atoms with van der Waals surface area (Å²) < 4.78 is 23.0. The quantitative estimate of drug-likeness (QED) is 0.445. The van der Waals surface area contributed by atoms with Crippen LogP contribution < -0.4 is 15.2 Å². The number of ether oxygens (including phenoxy) is 4. The molecule has 2 N–H and O–H groups in total. The highest BCUT2D eigenvalue weighted by atomic mass is 16.6. The maximum absolute atomic E-state index is 6.28. The molecule has 0 aliphatic carbocycles. The van der Waals surface area contributed by atoms with Crippen molar-refractivity contribution in [2.24, 2.45) is 0 Å². The molecule has 5 nitrogen and oxygen atoms in total. The Kier molecular flexibility index (Phi) is 4.84. The zero-order valence-electron chi connectivity index (χ0n) is 16.0. The van der Waals surface area contributed by atoms with Crippen LogP contribution in [0.15, 0.2) is 66.7 Å². The molecule has 5 heteroatoms. The highest BCUT2D eigenvalue weighted by molar-refractivity contribution is 5.58. The summed E-state index contributed by atoms with van der Waals surface area (Å²) in [6.07, 6.45) is 2.13. The van der Waals surface area contributed by atoms with E-state index < -0.39 is 0 Å². The molecule has 2 fully saturated rings. The minimum absolute atomic E-state index is 0.250. The molecular weight excluding hydrogens is 366 g/mol. The predicted molar refractivity (Wildman–Crippen MR) is 111 cm³/mol. The van der Waals surface area contributed by atoms with Crippen molar-refractivity contribution in [2.45, 2.75) is 25.0 Å². The van der Waals surface area contributed by atoms with E-state index in [1.165, 1.54) is 0 Å². The van der Waals surface area contributed by atoms with Crippen LogP contribution in [0.1, 0.15) is 11.1 Å². The monoisotopic (exact) mass is 389 g/mol. The molecule has 3 aromatic rings. The Morgan fingerprint density at radius 3 is 1.86 bits per heavy atom. The summed E-state index contributed by atoms with van der Waals surface area (Å²) >= 11 is 0.